The van der Waals surface area contributed by atoms with Gasteiger partial charge >= 0.3 is 0 Å². The summed E-state index contributed by atoms with van der Waals surface area (Å²) in [4.78, 5) is 6.85. The molecule has 3 rings (SSSR count). The topological polar surface area (TPSA) is 28.2 Å². The Bertz CT molecular complexity index is 435. The summed E-state index contributed by atoms with van der Waals surface area (Å²) in [6.07, 6.45) is 7.16. The van der Waals surface area contributed by atoms with Gasteiger partial charge in [-0.1, -0.05) is 18.0 Å². The zero-order valence-electron chi connectivity index (χ0n) is 10.8. The highest BCUT2D eigenvalue weighted by Crippen LogP contribution is 2.29. The smallest absolute Gasteiger partial charge is 0.132 e. The fourth-order valence-electron chi connectivity index (χ4n) is 3.27. The number of piperidine rings is 1. The van der Waals surface area contributed by atoms with E-state index in [0.29, 0.717) is 11.2 Å². The summed E-state index contributed by atoms with van der Waals surface area (Å²) < 4.78 is 0. The van der Waals surface area contributed by atoms with Crippen molar-refractivity contribution in [2.45, 2.75) is 44.7 Å². The van der Waals surface area contributed by atoms with Gasteiger partial charge in [-0.3, -0.25) is 4.90 Å². The van der Waals surface area contributed by atoms with Crippen LogP contribution in [0.3, 0.4) is 0 Å². The van der Waals surface area contributed by atoms with Crippen LogP contribution in [0.4, 0.5) is 5.69 Å². The van der Waals surface area contributed by atoms with Gasteiger partial charge in [-0.25, -0.2) is 4.98 Å². The summed E-state index contributed by atoms with van der Waals surface area (Å²) in [5.74, 6) is 0. The minimum absolute atomic E-state index is 0.577. The van der Waals surface area contributed by atoms with Crippen LogP contribution in [0.5, 0.6) is 0 Å². The summed E-state index contributed by atoms with van der Waals surface area (Å²) in [6, 6.07) is 3.39. The monoisotopic (exact) mass is 265 g/mol. The molecule has 3 nitrogen and oxygen atoms in total. The van der Waals surface area contributed by atoms with Gasteiger partial charge in [0.05, 0.1) is 11.9 Å². The van der Waals surface area contributed by atoms with Gasteiger partial charge in [-0.2, -0.15) is 0 Å². The Kier molecular flexibility index (Phi) is 3.44. The van der Waals surface area contributed by atoms with Crippen molar-refractivity contribution in [3.8, 4) is 0 Å². The van der Waals surface area contributed by atoms with E-state index in [0.717, 1.165) is 17.3 Å². The third kappa shape index (κ3) is 2.34. The number of rotatable bonds is 2. The second-order valence-electron chi connectivity index (χ2n) is 5.47. The molecule has 18 heavy (non-hydrogen) atoms. The molecule has 1 aromatic rings. The predicted octanol–water partition coefficient (Wildman–Crippen LogP) is 3.08. The van der Waals surface area contributed by atoms with Crippen LogP contribution in [0.2, 0.25) is 5.15 Å². The molecule has 1 N–H and O–H groups in total. The highest BCUT2D eigenvalue weighted by molar-refractivity contribution is 6.30. The number of halogens is 1. The van der Waals surface area contributed by atoms with E-state index in [1.165, 1.54) is 38.8 Å². The lowest BCUT2D eigenvalue weighted by molar-refractivity contribution is 0.193. The lowest BCUT2D eigenvalue weighted by Crippen LogP contribution is -2.41. The molecule has 3 heterocycles. The number of pyridine rings is 1. The van der Waals surface area contributed by atoms with Crippen LogP contribution in [0.15, 0.2) is 12.3 Å². The van der Waals surface area contributed by atoms with E-state index in [1.807, 2.05) is 13.1 Å². The maximum atomic E-state index is 5.96. The summed E-state index contributed by atoms with van der Waals surface area (Å²) in [6.45, 7) is 4.52. The molecule has 0 bridgehead atoms. The number of nitrogens with zero attached hydrogens (tertiary/aromatic N) is 2. The normalized spacial score (nSPS) is 28.1. The number of nitrogens with one attached hydrogen (secondary N) is 1. The van der Waals surface area contributed by atoms with Crippen molar-refractivity contribution in [3.05, 3.63) is 23.0 Å². The molecule has 4 heteroatoms. The van der Waals surface area contributed by atoms with Gasteiger partial charge in [0.2, 0.25) is 0 Å². The largest absolute Gasteiger partial charge is 0.379 e. The molecule has 2 saturated heterocycles. The molecule has 98 valence electrons. The summed E-state index contributed by atoms with van der Waals surface area (Å²) in [5, 5.41) is 4.25. The van der Waals surface area contributed by atoms with Crippen molar-refractivity contribution < 1.29 is 0 Å². The number of hydrogen-bond acceptors (Lipinski definition) is 3. The highest BCUT2D eigenvalue weighted by atomic mass is 35.5. The van der Waals surface area contributed by atoms with Gasteiger partial charge in [0.25, 0.3) is 0 Å². The fourth-order valence-corrected chi connectivity index (χ4v) is 3.37. The molecule has 1 aromatic heterocycles. The molecular formula is C14H20ClN3. The quantitative estimate of drug-likeness (QED) is 0.833. The second kappa shape index (κ2) is 5.06. The average Bonchev–Trinajstić information content (AvgIpc) is 2.78. The Hall–Kier alpha value is -0.800. The number of anilines is 1. The first-order chi connectivity index (χ1) is 8.74. The van der Waals surface area contributed by atoms with Crippen LogP contribution < -0.4 is 5.32 Å². The van der Waals surface area contributed by atoms with Crippen LogP contribution >= 0.6 is 11.6 Å². The van der Waals surface area contributed by atoms with Gasteiger partial charge in [0.15, 0.2) is 0 Å². The second-order valence-corrected chi connectivity index (χ2v) is 5.83. The molecule has 2 unspecified atom stereocenters. The van der Waals surface area contributed by atoms with Crippen LogP contribution in [-0.2, 0) is 0 Å². The summed E-state index contributed by atoms with van der Waals surface area (Å²) in [5.41, 5.74) is 2.15. The van der Waals surface area contributed by atoms with E-state index in [4.69, 9.17) is 11.6 Å². The van der Waals surface area contributed by atoms with Crippen molar-refractivity contribution in [3.63, 3.8) is 0 Å². The van der Waals surface area contributed by atoms with Crippen LogP contribution in [0, 0.1) is 6.92 Å². The van der Waals surface area contributed by atoms with Crippen molar-refractivity contribution in [1.29, 1.82) is 0 Å². The first-order valence-electron chi connectivity index (χ1n) is 6.87. The number of aryl methyl sites for hydroxylation is 1. The molecule has 0 saturated carbocycles. The summed E-state index contributed by atoms with van der Waals surface area (Å²) in [7, 11) is 0. The van der Waals surface area contributed by atoms with E-state index >= 15 is 0 Å². The molecule has 2 atom stereocenters. The number of fused-ring (bicyclic) bond motifs is 1. The van der Waals surface area contributed by atoms with E-state index < -0.39 is 0 Å². The molecule has 0 amide bonds. The molecule has 2 aliphatic heterocycles. The van der Waals surface area contributed by atoms with Crippen molar-refractivity contribution in [1.82, 2.24) is 9.88 Å². The lowest BCUT2D eigenvalue weighted by Gasteiger charge is -2.32. The Labute approximate surface area is 114 Å². The van der Waals surface area contributed by atoms with Gasteiger partial charge in [0.1, 0.15) is 5.15 Å². The molecule has 0 aliphatic carbocycles. The Morgan fingerprint density at radius 2 is 2.22 bits per heavy atom. The molecule has 0 aromatic carbocycles. The van der Waals surface area contributed by atoms with Crippen LogP contribution in [0.1, 0.15) is 31.2 Å². The van der Waals surface area contributed by atoms with Gasteiger partial charge in [-0.05, 0) is 44.4 Å². The minimum atomic E-state index is 0.577. The molecular weight excluding hydrogens is 246 g/mol. The minimum Gasteiger partial charge on any atom is -0.379 e. The molecule has 0 spiro atoms. The van der Waals surface area contributed by atoms with E-state index in [1.54, 1.807) is 0 Å². The molecule has 2 aliphatic rings. The Balaban J connectivity index is 1.70. The maximum Gasteiger partial charge on any atom is 0.132 e. The van der Waals surface area contributed by atoms with Crippen molar-refractivity contribution in [2.75, 3.05) is 18.4 Å². The molecule has 2 fully saturated rings. The van der Waals surface area contributed by atoms with Crippen LogP contribution in [-0.4, -0.2) is 35.1 Å². The Morgan fingerprint density at radius 1 is 1.33 bits per heavy atom. The fraction of sp³-hybridized carbons (Fsp3) is 0.643. The van der Waals surface area contributed by atoms with E-state index in [-0.39, 0.29) is 0 Å². The van der Waals surface area contributed by atoms with Gasteiger partial charge in [-0.15, -0.1) is 0 Å². The first-order valence-corrected chi connectivity index (χ1v) is 7.24. The predicted molar refractivity (Wildman–Crippen MR) is 75.2 cm³/mol. The van der Waals surface area contributed by atoms with Gasteiger partial charge < -0.3 is 5.32 Å². The lowest BCUT2D eigenvalue weighted by atomic mass is 9.99. The third-order valence-electron chi connectivity index (χ3n) is 4.22. The first kappa shape index (κ1) is 12.2. The summed E-state index contributed by atoms with van der Waals surface area (Å²) >= 11 is 5.96. The molecule has 0 radical (unpaired) electrons. The van der Waals surface area contributed by atoms with Gasteiger partial charge in [0, 0.05) is 18.6 Å². The zero-order chi connectivity index (χ0) is 12.5. The van der Waals surface area contributed by atoms with Crippen molar-refractivity contribution in [2.24, 2.45) is 0 Å². The third-order valence-corrected chi connectivity index (χ3v) is 4.62. The number of hydrogen-bond donors (Lipinski definition) is 1. The highest BCUT2D eigenvalue weighted by Gasteiger charge is 2.35. The maximum absolute atomic E-state index is 5.96. The average molecular weight is 266 g/mol. The van der Waals surface area contributed by atoms with E-state index in [9.17, 15) is 0 Å². The number of aromatic nitrogens is 1. The van der Waals surface area contributed by atoms with Crippen LogP contribution in [0.25, 0.3) is 0 Å². The SMILES string of the molecule is Cc1cc(NC2CCN3CCCCC23)cnc1Cl. The van der Waals surface area contributed by atoms with E-state index in [2.05, 4.69) is 21.3 Å². The zero-order valence-corrected chi connectivity index (χ0v) is 11.6. The Morgan fingerprint density at radius 3 is 3.06 bits per heavy atom. The standard InChI is InChI=1S/C14H20ClN3/c1-10-8-11(9-16-14(10)15)17-12-5-7-18-6-3-2-4-13(12)18/h8-9,12-13,17H,2-7H2,1H3. The van der Waals surface area contributed by atoms with Crippen molar-refractivity contribution >= 4 is 17.3 Å².